The summed E-state index contributed by atoms with van der Waals surface area (Å²) in [5.41, 5.74) is 1.01. The Hall–Kier alpha value is -0.930. The van der Waals surface area contributed by atoms with Gasteiger partial charge in [-0.15, -0.1) is 0 Å². The van der Waals surface area contributed by atoms with Gasteiger partial charge in [0.2, 0.25) is 0 Å². The van der Waals surface area contributed by atoms with E-state index in [0.717, 1.165) is 5.69 Å². The van der Waals surface area contributed by atoms with Gasteiger partial charge in [0.05, 0.1) is 6.61 Å². The average molecular weight is 152 g/mol. The summed E-state index contributed by atoms with van der Waals surface area (Å²) in [6.45, 7) is 2.53. The molecule has 1 aromatic rings. The van der Waals surface area contributed by atoms with Crippen molar-refractivity contribution in [3.63, 3.8) is 0 Å². The van der Waals surface area contributed by atoms with Crippen molar-refractivity contribution < 1.29 is 4.84 Å². The Kier molecular flexibility index (Phi) is 3.01. The van der Waals surface area contributed by atoms with Crippen LogP contribution in [-0.4, -0.2) is 11.6 Å². The maximum absolute atomic E-state index is 4.94. The van der Waals surface area contributed by atoms with Crippen molar-refractivity contribution in [2.75, 3.05) is 6.61 Å². The van der Waals surface area contributed by atoms with Crippen molar-refractivity contribution in [2.45, 2.75) is 12.8 Å². The van der Waals surface area contributed by atoms with Crippen molar-refractivity contribution in [1.82, 2.24) is 4.98 Å². The molecule has 0 saturated carbocycles. The number of rotatable bonds is 3. The van der Waals surface area contributed by atoms with Crippen LogP contribution < -0.4 is 5.90 Å². The maximum atomic E-state index is 4.94. The molecule has 0 aliphatic rings. The predicted molar refractivity (Wildman–Crippen MR) is 42.8 cm³/mol. The second kappa shape index (κ2) is 4.05. The molecular formula is C8H12N2O. The fourth-order valence-corrected chi connectivity index (χ4v) is 0.897. The lowest BCUT2D eigenvalue weighted by molar-refractivity contribution is 0.126. The van der Waals surface area contributed by atoms with Gasteiger partial charge < -0.3 is 4.84 Å². The van der Waals surface area contributed by atoms with Gasteiger partial charge in [-0.3, -0.25) is 4.98 Å². The number of nitrogens with zero attached hydrogens (tertiary/aromatic N) is 1. The van der Waals surface area contributed by atoms with Crippen LogP contribution in [0.2, 0.25) is 0 Å². The Morgan fingerprint density at radius 2 is 2.45 bits per heavy atom. The lowest BCUT2D eigenvalue weighted by atomic mass is 10.1. The molecule has 1 rings (SSSR count). The van der Waals surface area contributed by atoms with Gasteiger partial charge in [0, 0.05) is 17.8 Å². The van der Waals surface area contributed by atoms with E-state index in [2.05, 4.69) is 9.82 Å². The molecular weight excluding hydrogens is 140 g/mol. The monoisotopic (exact) mass is 152 g/mol. The second-order valence-corrected chi connectivity index (χ2v) is 2.49. The van der Waals surface area contributed by atoms with Crippen LogP contribution in [0, 0.1) is 0 Å². The first-order valence-electron chi connectivity index (χ1n) is 3.57. The molecule has 0 aromatic carbocycles. The third-order valence-electron chi connectivity index (χ3n) is 1.54. The zero-order valence-electron chi connectivity index (χ0n) is 6.53. The highest BCUT2D eigenvalue weighted by Crippen LogP contribution is 2.10. The van der Waals surface area contributed by atoms with Gasteiger partial charge in [-0.25, -0.2) is 5.90 Å². The summed E-state index contributed by atoms with van der Waals surface area (Å²) in [6, 6.07) is 5.80. The zero-order chi connectivity index (χ0) is 8.10. The molecule has 3 nitrogen and oxygen atoms in total. The molecule has 11 heavy (non-hydrogen) atoms. The van der Waals surface area contributed by atoms with Crippen LogP contribution in [0.15, 0.2) is 24.4 Å². The topological polar surface area (TPSA) is 48.1 Å². The lowest BCUT2D eigenvalue weighted by Crippen LogP contribution is -2.09. The molecule has 0 spiro atoms. The van der Waals surface area contributed by atoms with Crippen molar-refractivity contribution >= 4 is 0 Å². The number of aromatic nitrogens is 1. The summed E-state index contributed by atoms with van der Waals surface area (Å²) in [5, 5.41) is 0. The predicted octanol–water partition coefficient (Wildman–Crippen LogP) is 1.08. The summed E-state index contributed by atoms with van der Waals surface area (Å²) in [4.78, 5) is 8.68. The first kappa shape index (κ1) is 8.17. The van der Waals surface area contributed by atoms with E-state index in [1.165, 1.54) is 0 Å². The fraction of sp³-hybridized carbons (Fsp3) is 0.375. The van der Waals surface area contributed by atoms with E-state index in [0.29, 0.717) is 6.61 Å². The molecule has 1 unspecified atom stereocenters. The van der Waals surface area contributed by atoms with E-state index in [1.807, 2.05) is 25.1 Å². The van der Waals surface area contributed by atoms with Gasteiger partial charge in [-0.2, -0.15) is 0 Å². The molecule has 0 aliphatic heterocycles. The van der Waals surface area contributed by atoms with Crippen molar-refractivity contribution in [2.24, 2.45) is 5.90 Å². The van der Waals surface area contributed by atoms with Crippen LogP contribution in [0.3, 0.4) is 0 Å². The Labute approximate surface area is 66.2 Å². The summed E-state index contributed by atoms with van der Waals surface area (Å²) < 4.78 is 0. The molecule has 1 heterocycles. The standard InChI is InChI=1S/C8H12N2O/c1-7(6-11-9)8-4-2-3-5-10-8/h2-5,7H,6,9H2,1H3. The van der Waals surface area contributed by atoms with Crippen molar-refractivity contribution in [3.8, 4) is 0 Å². The fourth-order valence-electron chi connectivity index (χ4n) is 0.897. The van der Waals surface area contributed by atoms with Gasteiger partial charge >= 0.3 is 0 Å². The number of pyridine rings is 1. The molecule has 0 aliphatic carbocycles. The Bertz CT molecular complexity index is 201. The van der Waals surface area contributed by atoms with Crippen molar-refractivity contribution in [3.05, 3.63) is 30.1 Å². The Balaban J connectivity index is 2.61. The first-order chi connectivity index (χ1) is 5.34. The molecule has 3 heteroatoms. The van der Waals surface area contributed by atoms with Crippen LogP contribution in [0.25, 0.3) is 0 Å². The maximum Gasteiger partial charge on any atom is 0.0760 e. The SMILES string of the molecule is CC(CON)c1ccccn1. The van der Waals surface area contributed by atoms with E-state index in [4.69, 9.17) is 5.90 Å². The quantitative estimate of drug-likeness (QED) is 0.659. The number of hydrogen-bond acceptors (Lipinski definition) is 3. The van der Waals surface area contributed by atoms with E-state index >= 15 is 0 Å². The van der Waals surface area contributed by atoms with Gasteiger partial charge in [-0.1, -0.05) is 13.0 Å². The normalized spacial score (nSPS) is 12.9. The largest absolute Gasteiger partial charge is 0.304 e. The molecule has 1 aromatic heterocycles. The second-order valence-electron chi connectivity index (χ2n) is 2.49. The van der Waals surface area contributed by atoms with Gasteiger partial charge in [0.1, 0.15) is 0 Å². The Morgan fingerprint density at radius 1 is 1.64 bits per heavy atom. The summed E-state index contributed by atoms with van der Waals surface area (Å²) in [7, 11) is 0. The van der Waals surface area contributed by atoms with Gasteiger partial charge in [-0.05, 0) is 12.1 Å². The van der Waals surface area contributed by atoms with E-state index in [-0.39, 0.29) is 5.92 Å². The minimum absolute atomic E-state index is 0.265. The van der Waals surface area contributed by atoms with Gasteiger partial charge in [0.25, 0.3) is 0 Å². The third-order valence-corrected chi connectivity index (χ3v) is 1.54. The smallest absolute Gasteiger partial charge is 0.0760 e. The lowest BCUT2D eigenvalue weighted by Gasteiger charge is -2.07. The number of nitrogens with two attached hydrogens (primary N) is 1. The summed E-state index contributed by atoms with van der Waals surface area (Å²) in [6.07, 6.45) is 1.77. The van der Waals surface area contributed by atoms with Crippen LogP contribution in [0.1, 0.15) is 18.5 Å². The minimum atomic E-state index is 0.265. The molecule has 60 valence electrons. The van der Waals surface area contributed by atoms with Gasteiger partial charge in [0.15, 0.2) is 0 Å². The molecule has 0 radical (unpaired) electrons. The zero-order valence-corrected chi connectivity index (χ0v) is 6.53. The van der Waals surface area contributed by atoms with E-state index < -0.39 is 0 Å². The van der Waals surface area contributed by atoms with E-state index in [9.17, 15) is 0 Å². The van der Waals surface area contributed by atoms with Crippen molar-refractivity contribution in [1.29, 1.82) is 0 Å². The molecule has 0 bridgehead atoms. The molecule has 1 atom stereocenters. The molecule has 0 amide bonds. The number of hydrogen-bond donors (Lipinski definition) is 1. The van der Waals surface area contributed by atoms with Crippen LogP contribution in [0.4, 0.5) is 0 Å². The first-order valence-corrected chi connectivity index (χ1v) is 3.57. The Morgan fingerprint density at radius 3 is 3.00 bits per heavy atom. The third kappa shape index (κ3) is 2.29. The summed E-state index contributed by atoms with van der Waals surface area (Å²) >= 11 is 0. The highest BCUT2D eigenvalue weighted by molar-refractivity contribution is 5.08. The molecule has 0 saturated heterocycles. The molecule has 0 fully saturated rings. The highest BCUT2D eigenvalue weighted by Gasteiger charge is 2.04. The average Bonchev–Trinajstić information content (AvgIpc) is 2.07. The molecule has 2 N–H and O–H groups in total. The van der Waals surface area contributed by atoms with E-state index in [1.54, 1.807) is 6.20 Å². The van der Waals surface area contributed by atoms with Crippen LogP contribution >= 0.6 is 0 Å². The highest BCUT2D eigenvalue weighted by atomic mass is 16.6. The van der Waals surface area contributed by atoms with Crippen LogP contribution in [-0.2, 0) is 4.84 Å². The minimum Gasteiger partial charge on any atom is -0.304 e. The van der Waals surface area contributed by atoms with Crippen LogP contribution in [0.5, 0.6) is 0 Å². The summed E-state index contributed by atoms with van der Waals surface area (Å²) in [5.74, 6) is 5.20.